The van der Waals surface area contributed by atoms with Gasteiger partial charge in [-0.3, -0.25) is 9.69 Å². The summed E-state index contributed by atoms with van der Waals surface area (Å²) in [5.41, 5.74) is 2.57. The number of aliphatic hydroxyl groups excluding tert-OH is 1. The maximum absolute atomic E-state index is 12.6. The van der Waals surface area contributed by atoms with Crippen LogP contribution in [0, 0.1) is 13.8 Å². The Kier molecular flexibility index (Phi) is 6.41. The number of aryl methyl sites for hydroxylation is 2. The van der Waals surface area contributed by atoms with Gasteiger partial charge in [-0.15, -0.1) is 0 Å². The number of benzene rings is 1. The van der Waals surface area contributed by atoms with Gasteiger partial charge in [0.15, 0.2) is 0 Å². The van der Waals surface area contributed by atoms with Crippen molar-refractivity contribution in [2.75, 3.05) is 46.4 Å². The molecule has 0 spiro atoms. The Morgan fingerprint density at radius 1 is 1.35 bits per heavy atom. The second-order valence-corrected chi connectivity index (χ2v) is 6.58. The molecule has 1 aliphatic heterocycles. The van der Waals surface area contributed by atoms with Crippen LogP contribution in [0.4, 0.5) is 0 Å². The van der Waals surface area contributed by atoms with Crippen molar-refractivity contribution >= 4 is 17.5 Å². The normalized spacial score (nSPS) is 17.1. The lowest BCUT2D eigenvalue weighted by molar-refractivity contribution is 0.00879. The van der Waals surface area contributed by atoms with Gasteiger partial charge in [-0.1, -0.05) is 11.6 Å². The smallest absolute Gasteiger partial charge is 0.255 e. The van der Waals surface area contributed by atoms with Crippen LogP contribution in [0.1, 0.15) is 21.5 Å². The lowest BCUT2D eigenvalue weighted by Gasteiger charge is -2.30. The van der Waals surface area contributed by atoms with E-state index in [1.165, 1.54) is 4.90 Å². The highest BCUT2D eigenvalue weighted by atomic mass is 35.5. The number of aliphatic hydroxyl groups is 1. The molecule has 1 aromatic carbocycles. The van der Waals surface area contributed by atoms with Crippen molar-refractivity contribution in [3.8, 4) is 0 Å². The molecule has 0 aromatic heterocycles. The fourth-order valence-corrected chi connectivity index (χ4v) is 2.99. The summed E-state index contributed by atoms with van der Waals surface area (Å²) >= 11 is 6.20. The zero-order valence-electron chi connectivity index (χ0n) is 14.0. The van der Waals surface area contributed by atoms with E-state index in [0.29, 0.717) is 30.3 Å². The van der Waals surface area contributed by atoms with Crippen LogP contribution < -0.4 is 0 Å². The summed E-state index contributed by atoms with van der Waals surface area (Å²) in [6.07, 6.45) is -0.590. The first kappa shape index (κ1) is 18.2. The Morgan fingerprint density at radius 2 is 1.96 bits per heavy atom. The summed E-state index contributed by atoms with van der Waals surface area (Å²) in [5, 5.41) is 10.7. The zero-order valence-corrected chi connectivity index (χ0v) is 14.8. The van der Waals surface area contributed by atoms with Crippen LogP contribution in [0.25, 0.3) is 0 Å². The number of ether oxygens (including phenoxy) is 1. The minimum atomic E-state index is -0.590. The van der Waals surface area contributed by atoms with Crippen LogP contribution in [0.15, 0.2) is 12.1 Å². The average molecular weight is 341 g/mol. The molecule has 128 valence electrons. The van der Waals surface area contributed by atoms with Crippen molar-refractivity contribution in [1.82, 2.24) is 9.80 Å². The van der Waals surface area contributed by atoms with Gasteiger partial charge in [-0.25, -0.2) is 0 Å². The van der Waals surface area contributed by atoms with Crippen LogP contribution in [-0.4, -0.2) is 73.4 Å². The Bertz CT molecular complexity index is 559. The van der Waals surface area contributed by atoms with Gasteiger partial charge < -0.3 is 14.7 Å². The van der Waals surface area contributed by atoms with Gasteiger partial charge in [0.2, 0.25) is 0 Å². The van der Waals surface area contributed by atoms with Crippen molar-refractivity contribution in [2.24, 2.45) is 0 Å². The van der Waals surface area contributed by atoms with E-state index in [2.05, 4.69) is 4.90 Å². The molecule has 1 N–H and O–H groups in total. The highest BCUT2D eigenvalue weighted by Crippen LogP contribution is 2.22. The number of halogens is 1. The Balaban J connectivity index is 1.95. The molecule has 1 heterocycles. The molecular weight excluding hydrogens is 316 g/mol. The van der Waals surface area contributed by atoms with Gasteiger partial charge in [0.25, 0.3) is 5.91 Å². The van der Waals surface area contributed by atoms with E-state index >= 15 is 0 Å². The van der Waals surface area contributed by atoms with Gasteiger partial charge in [-0.05, 0) is 37.1 Å². The van der Waals surface area contributed by atoms with Gasteiger partial charge in [0.1, 0.15) is 0 Å². The number of likely N-dealkylation sites (N-methyl/N-ethyl adjacent to an activating group) is 1. The third-order valence-electron chi connectivity index (χ3n) is 4.22. The largest absolute Gasteiger partial charge is 0.390 e. The van der Waals surface area contributed by atoms with Crippen LogP contribution in [-0.2, 0) is 4.74 Å². The lowest BCUT2D eigenvalue weighted by atomic mass is 10.1. The molecule has 0 bridgehead atoms. The van der Waals surface area contributed by atoms with Gasteiger partial charge >= 0.3 is 0 Å². The molecule has 0 saturated carbocycles. The van der Waals surface area contributed by atoms with Gasteiger partial charge in [0.05, 0.1) is 29.9 Å². The molecule has 1 aromatic rings. The summed E-state index contributed by atoms with van der Waals surface area (Å²) in [7, 11) is 1.69. The monoisotopic (exact) mass is 340 g/mol. The number of amides is 1. The van der Waals surface area contributed by atoms with Crippen molar-refractivity contribution < 1.29 is 14.6 Å². The summed E-state index contributed by atoms with van der Waals surface area (Å²) in [6, 6.07) is 3.62. The average Bonchev–Trinajstić information content (AvgIpc) is 2.51. The third kappa shape index (κ3) is 4.91. The van der Waals surface area contributed by atoms with E-state index in [0.717, 1.165) is 24.2 Å². The molecule has 2 rings (SSSR count). The number of carbonyl (C=O) groups is 1. The van der Waals surface area contributed by atoms with Crippen molar-refractivity contribution in [3.63, 3.8) is 0 Å². The number of hydrogen-bond acceptors (Lipinski definition) is 4. The van der Waals surface area contributed by atoms with Crippen LogP contribution in [0.3, 0.4) is 0 Å². The molecule has 1 saturated heterocycles. The van der Waals surface area contributed by atoms with Crippen molar-refractivity contribution in [2.45, 2.75) is 20.0 Å². The Hall–Kier alpha value is -1.14. The molecule has 1 atom stereocenters. The minimum Gasteiger partial charge on any atom is -0.390 e. The highest BCUT2D eigenvalue weighted by molar-refractivity contribution is 6.33. The number of rotatable bonds is 5. The zero-order chi connectivity index (χ0) is 17.0. The fourth-order valence-electron chi connectivity index (χ4n) is 2.69. The molecule has 1 amide bonds. The Labute approximate surface area is 142 Å². The molecule has 5 nitrogen and oxygen atoms in total. The molecule has 6 heteroatoms. The number of β-amino-alcohol motifs (C(OH)–C–C–N with tert-alkyl or cyclic N) is 1. The predicted octanol–water partition coefficient (Wildman–Crippen LogP) is 1.72. The summed E-state index contributed by atoms with van der Waals surface area (Å²) < 4.78 is 5.29. The lowest BCUT2D eigenvalue weighted by Crippen LogP contribution is -2.45. The topological polar surface area (TPSA) is 53.0 Å². The minimum absolute atomic E-state index is 0.167. The van der Waals surface area contributed by atoms with E-state index in [9.17, 15) is 9.90 Å². The summed E-state index contributed by atoms with van der Waals surface area (Å²) in [4.78, 5) is 16.2. The van der Waals surface area contributed by atoms with E-state index in [1.807, 2.05) is 26.0 Å². The maximum Gasteiger partial charge on any atom is 0.255 e. The molecular formula is C17H25ClN2O3. The van der Waals surface area contributed by atoms with Crippen LogP contribution in [0.2, 0.25) is 5.02 Å². The molecule has 0 aliphatic carbocycles. The molecule has 1 aliphatic rings. The van der Waals surface area contributed by atoms with E-state index in [1.54, 1.807) is 7.05 Å². The molecule has 1 unspecified atom stereocenters. The SMILES string of the molecule is Cc1cc(Cl)c(C(=O)N(C)CC(O)CN2CCOCC2)cc1C. The first-order valence-electron chi connectivity index (χ1n) is 7.89. The second-order valence-electron chi connectivity index (χ2n) is 6.17. The van der Waals surface area contributed by atoms with Gasteiger partial charge in [-0.2, -0.15) is 0 Å². The first-order chi connectivity index (χ1) is 10.9. The van der Waals surface area contributed by atoms with Gasteiger partial charge in [0, 0.05) is 33.2 Å². The third-order valence-corrected chi connectivity index (χ3v) is 4.53. The maximum atomic E-state index is 12.6. The summed E-state index contributed by atoms with van der Waals surface area (Å²) in [5.74, 6) is -0.167. The standard InChI is InChI=1S/C17H25ClN2O3/c1-12-8-15(16(18)9-13(12)2)17(22)19(3)10-14(21)11-20-4-6-23-7-5-20/h8-9,14,21H,4-7,10-11H2,1-3H3. The first-order valence-corrected chi connectivity index (χ1v) is 8.26. The number of nitrogens with zero attached hydrogens (tertiary/aromatic N) is 2. The van der Waals surface area contributed by atoms with E-state index in [4.69, 9.17) is 16.3 Å². The predicted molar refractivity (Wildman–Crippen MR) is 91.2 cm³/mol. The quantitative estimate of drug-likeness (QED) is 0.886. The van der Waals surface area contributed by atoms with Crippen LogP contribution in [0.5, 0.6) is 0 Å². The highest BCUT2D eigenvalue weighted by Gasteiger charge is 2.21. The summed E-state index contributed by atoms with van der Waals surface area (Å²) in [6.45, 7) is 7.76. The Morgan fingerprint density at radius 3 is 2.61 bits per heavy atom. The van der Waals surface area contributed by atoms with Crippen molar-refractivity contribution in [3.05, 3.63) is 33.8 Å². The number of hydrogen-bond donors (Lipinski definition) is 1. The molecule has 1 fully saturated rings. The fraction of sp³-hybridized carbons (Fsp3) is 0.588. The number of carbonyl (C=O) groups excluding carboxylic acids is 1. The van der Waals surface area contributed by atoms with Crippen LogP contribution >= 0.6 is 11.6 Å². The number of morpholine rings is 1. The van der Waals surface area contributed by atoms with E-state index < -0.39 is 6.10 Å². The second kappa shape index (κ2) is 8.11. The molecule has 23 heavy (non-hydrogen) atoms. The van der Waals surface area contributed by atoms with E-state index in [-0.39, 0.29) is 12.5 Å². The molecule has 0 radical (unpaired) electrons. The van der Waals surface area contributed by atoms with Crippen molar-refractivity contribution in [1.29, 1.82) is 0 Å².